The summed E-state index contributed by atoms with van der Waals surface area (Å²) in [6.07, 6.45) is 0. The summed E-state index contributed by atoms with van der Waals surface area (Å²) in [5.74, 6) is 0.443. The fourth-order valence-electron chi connectivity index (χ4n) is 0.452. The molecular formula is C4H6N4O2. The second kappa shape index (κ2) is 2.95. The topological polar surface area (TPSA) is 90.3 Å². The molecule has 1 rings (SSSR count). The van der Waals surface area contributed by atoms with Crippen LogP contribution in [0.1, 0.15) is 0 Å². The van der Waals surface area contributed by atoms with Crippen molar-refractivity contribution >= 4 is 11.6 Å². The fraction of sp³-hybridized carbons (Fsp3) is 0. The van der Waals surface area contributed by atoms with Gasteiger partial charge in [-0.15, -0.1) is 10.2 Å². The van der Waals surface area contributed by atoms with Gasteiger partial charge in [0, 0.05) is 0 Å². The first-order chi connectivity index (χ1) is 4.86. The Morgan fingerprint density at radius 1 is 1.00 bits per heavy atom. The van der Waals surface area contributed by atoms with E-state index in [1.807, 2.05) is 0 Å². The highest BCUT2D eigenvalue weighted by Gasteiger charge is 1.91. The van der Waals surface area contributed by atoms with Crippen molar-refractivity contribution in [1.29, 1.82) is 0 Å². The van der Waals surface area contributed by atoms with Gasteiger partial charge in [-0.2, -0.15) is 0 Å². The first-order valence-corrected chi connectivity index (χ1v) is 2.51. The number of anilines is 2. The maximum atomic E-state index is 8.27. The van der Waals surface area contributed by atoms with E-state index in [0.717, 1.165) is 0 Å². The number of nitrogens with one attached hydrogen (secondary N) is 2. The predicted octanol–water partition coefficient (Wildman–Crippen LogP) is 0.0788. The smallest absolute Gasteiger partial charge is 0.172 e. The van der Waals surface area contributed by atoms with Crippen molar-refractivity contribution in [2.75, 3.05) is 11.0 Å². The second-order valence-electron chi connectivity index (χ2n) is 1.53. The van der Waals surface area contributed by atoms with E-state index in [0.29, 0.717) is 0 Å². The minimum absolute atomic E-state index is 0.221. The van der Waals surface area contributed by atoms with Gasteiger partial charge in [0.25, 0.3) is 0 Å². The predicted molar refractivity (Wildman–Crippen MR) is 32.9 cm³/mol. The second-order valence-corrected chi connectivity index (χ2v) is 1.53. The van der Waals surface area contributed by atoms with E-state index in [-0.39, 0.29) is 11.6 Å². The molecule has 6 heteroatoms. The van der Waals surface area contributed by atoms with Crippen LogP contribution in [0.15, 0.2) is 12.1 Å². The molecule has 0 spiro atoms. The quantitative estimate of drug-likeness (QED) is 0.437. The monoisotopic (exact) mass is 142 g/mol. The molecule has 0 fully saturated rings. The van der Waals surface area contributed by atoms with Gasteiger partial charge in [-0.3, -0.25) is 21.4 Å². The van der Waals surface area contributed by atoms with Gasteiger partial charge < -0.3 is 0 Å². The van der Waals surface area contributed by atoms with Crippen molar-refractivity contribution in [3.05, 3.63) is 12.1 Å². The van der Waals surface area contributed by atoms with Crippen LogP contribution in [0.25, 0.3) is 0 Å². The van der Waals surface area contributed by atoms with E-state index >= 15 is 0 Å². The minimum Gasteiger partial charge on any atom is -0.290 e. The fourth-order valence-corrected chi connectivity index (χ4v) is 0.452. The summed E-state index contributed by atoms with van der Waals surface area (Å²) in [7, 11) is 0. The Bertz CT molecular complexity index is 176. The highest BCUT2D eigenvalue weighted by molar-refractivity contribution is 5.37. The van der Waals surface area contributed by atoms with Crippen LogP contribution in [0.3, 0.4) is 0 Å². The largest absolute Gasteiger partial charge is 0.290 e. The third-order valence-electron chi connectivity index (χ3n) is 0.894. The Labute approximate surface area is 56.4 Å². The molecule has 10 heavy (non-hydrogen) atoms. The van der Waals surface area contributed by atoms with Crippen LogP contribution in [-0.4, -0.2) is 20.6 Å². The van der Waals surface area contributed by atoms with Gasteiger partial charge in [-0.1, -0.05) is 0 Å². The Balaban J connectivity index is 2.80. The van der Waals surface area contributed by atoms with Crippen molar-refractivity contribution in [2.45, 2.75) is 0 Å². The van der Waals surface area contributed by atoms with E-state index in [2.05, 4.69) is 10.2 Å². The number of hydrogen-bond acceptors (Lipinski definition) is 6. The van der Waals surface area contributed by atoms with Crippen molar-refractivity contribution < 1.29 is 10.4 Å². The average Bonchev–Trinajstić information content (AvgIpc) is 2.05. The van der Waals surface area contributed by atoms with Gasteiger partial charge in [-0.05, 0) is 12.1 Å². The minimum atomic E-state index is 0.221. The molecule has 1 heterocycles. The summed E-state index contributed by atoms with van der Waals surface area (Å²) >= 11 is 0. The van der Waals surface area contributed by atoms with E-state index in [4.69, 9.17) is 10.4 Å². The molecular weight excluding hydrogens is 136 g/mol. The maximum Gasteiger partial charge on any atom is 0.172 e. The zero-order valence-electron chi connectivity index (χ0n) is 4.94. The molecule has 1 aromatic heterocycles. The van der Waals surface area contributed by atoms with Gasteiger partial charge in [-0.25, -0.2) is 0 Å². The van der Waals surface area contributed by atoms with Crippen LogP contribution >= 0.6 is 0 Å². The molecule has 0 unspecified atom stereocenters. The summed E-state index contributed by atoms with van der Waals surface area (Å²) in [5, 5.41) is 23.4. The molecule has 0 saturated carbocycles. The van der Waals surface area contributed by atoms with Gasteiger partial charge in [0.15, 0.2) is 11.6 Å². The molecule has 0 aromatic carbocycles. The van der Waals surface area contributed by atoms with Crippen LogP contribution in [0.2, 0.25) is 0 Å². The van der Waals surface area contributed by atoms with Crippen LogP contribution in [0, 0.1) is 0 Å². The van der Waals surface area contributed by atoms with E-state index in [1.54, 1.807) is 11.0 Å². The lowest BCUT2D eigenvalue weighted by Gasteiger charge is -1.96. The van der Waals surface area contributed by atoms with Crippen LogP contribution < -0.4 is 11.0 Å². The van der Waals surface area contributed by atoms with Crippen molar-refractivity contribution in [3.8, 4) is 0 Å². The molecule has 0 radical (unpaired) electrons. The molecule has 54 valence electrons. The summed E-state index contributed by atoms with van der Waals surface area (Å²) in [6, 6.07) is 2.90. The number of rotatable bonds is 2. The van der Waals surface area contributed by atoms with Crippen LogP contribution in [-0.2, 0) is 0 Å². The zero-order chi connectivity index (χ0) is 7.40. The summed E-state index contributed by atoms with van der Waals surface area (Å²) in [4.78, 5) is 0. The highest BCUT2D eigenvalue weighted by atomic mass is 16.5. The molecule has 0 saturated heterocycles. The number of nitrogens with zero attached hydrogens (tertiary/aromatic N) is 2. The molecule has 0 aliphatic carbocycles. The van der Waals surface area contributed by atoms with E-state index < -0.39 is 0 Å². The summed E-state index contributed by atoms with van der Waals surface area (Å²) in [6.45, 7) is 0. The lowest BCUT2D eigenvalue weighted by atomic mass is 10.5. The molecule has 0 atom stereocenters. The molecule has 0 aliphatic heterocycles. The lowest BCUT2D eigenvalue weighted by Crippen LogP contribution is -1.98. The Kier molecular flexibility index (Phi) is 1.98. The standard InChI is InChI=1S/C4H6N4O2/c9-7-3-1-2-4(8-10)6-5-3/h1-2,9-10H,(H,5,7)(H,6,8). The number of aromatic nitrogens is 2. The summed E-state index contributed by atoms with van der Waals surface area (Å²) < 4.78 is 0. The molecule has 4 N–H and O–H groups in total. The molecule has 0 aliphatic rings. The third-order valence-corrected chi connectivity index (χ3v) is 0.894. The van der Waals surface area contributed by atoms with Crippen molar-refractivity contribution in [3.63, 3.8) is 0 Å². The summed E-state index contributed by atoms with van der Waals surface area (Å²) in [5.41, 5.74) is 3.59. The molecule has 1 aromatic rings. The highest BCUT2D eigenvalue weighted by Crippen LogP contribution is 2.02. The zero-order valence-corrected chi connectivity index (χ0v) is 4.94. The van der Waals surface area contributed by atoms with E-state index in [9.17, 15) is 0 Å². The van der Waals surface area contributed by atoms with Gasteiger partial charge in [0.2, 0.25) is 0 Å². The van der Waals surface area contributed by atoms with Gasteiger partial charge >= 0.3 is 0 Å². The molecule has 0 bridgehead atoms. The Morgan fingerprint density at radius 3 is 1.60 bits per heavy atom. The van der Waals surface area contributed by atoms with Crippen molar-refractivity contribution in [1.82, 2.24) is 10.2 Å². The SMILES string of the molecule is ONc1ccc(NO)nn1. The molecule has 6 nitrogen and oxygen atoms in total. The molecule has 0 amide bonds. The van der Waals surface area contributed by atoms with Crippen LogP contribution in [0.5, 0.6) is 0 Å². The maximum absolute atomic E-state index is 8.27. The van der Waals surface area contributed by atoms with Gasteiger partial charge in [0.05, 0.1) is 0 Å². The third kappa shape index (κ3) is 1.30. The van der Waals surface area contributed by atoms with E-state index in [1.165, 1.54) is 12.1 Å². The number of hydrogen-bond donors (Lipinski definition) is 4. The van der Waals surface area contributed by atoms with Crippen LogP contribution in [0.4, 0.5) is 11.6 Å². The normalized spacial score (nSPS) is 9.00. The first kappa shape index (κ1) is 6.72. The van der Waals surface area contributed by atoms with Crippen molar-refractivity contribution in [2.24, 2.45) is 0 Å². The average molecular weight is 142 g/mol. The van der Waals surface area contributed by atoms with Gasteiger partial charge in [0.1, 0.15) is 0 Å². The Morgan fingerprint density at radius 2 is 1.40 bits per heavy atom. The Hall–Kier alpha value is -1.40. The lowest BCUT2D eigenvalue weighted by molar-refractivity contribution is 0.380. The first-order valence-electron chi connectivity index (χ1n) is 2.51.